The van der Waals surface area contributed by atoms with Crippen LogP contribution < -0.4 is 4.90 Å². The molecular formula is C26H20FN3O3. The Hall–Kier alpha value is -4.26. The minimum Gasteiger partial charge on any atom is -0.507 e. The Bertz CT molecular complexity index is 1410. The number of rotatable bonds is 4. The van der Waals surface area contributed by atoms with E-state index in [-0.39, 0.29) is 17.3 Å². The minimum absolute atomic E-state index is 0.0258. The van der Waals surface area contributed by atoms with E-state index in [0.717, 1.165) is 12.0 Å². The van der Waals surface area contributed by atoms with Gasteiger partial charge in [-0.25, -0.2) is 9.37 Å². The molecule has 4 aromatic rings. The monoisotopic (exact) mass is 441 g/mol. The van der Waals surface area contributed by atoms with Crippen molar-refractivity contribution in [2.24, 2.45) is 0 Å². The third-order valence-corrected chi connectivity index (χ3v) is 5.85. The van der Waals surface area contributed by atoms with Gasteiger partial charge in [0.2, 0.25) is 5.95 Å². The predicted octanol–water partition coefficient (Wildman–Crippen LogP) is 4.89. The van der Waals surface area contributed by atoms with Crippen molar-refractivity contribution >= 4 is 34.4 Å². The SMILES string of the molecule is CCc1ccc(/C(O)=C2\C(=O)C(=O)N(c3nc4ccc(F)cc4[nH]3)C2c2ccccc2)cc1. The molecule has 0 saturated carbocycles. The summed E-state index contributed by atoms with van der Waals surface area (Å²) >= 11 is 0. The summed E-state index contributed by atoms with van der Waals surface area (Å²) in [6.07, 6.45) is 0.835. The topological polar surface area (TPSA) is 86.3 Å². The molecule has 0 bridgehead atoms. The van der Waals surface area contributed by atoms with Crippen LogP contribution in [0.5, 0.6) is 0 Å². The van der Waals surface area contributed by atoms with E-state index in [0.29, 0.717) is 22.2 Å². The molecule has 1 saturated heterocycles. The number of Topliss-reactive ketones (excluding diaryl/α,β-unsaturated/α-hetero) is 1. The molecule has 1 aliphatic heterocycles. The van der Waals surface area contributed by atoms with Gasteiger partial charge in [0.05, 0.1) is 22.6 Å². The van der Waals surface area contributed by atoms with Gasteiger partial charge in [-0.1, -0.05) is 61.5 Å². The number of H-pyrrole nitrogens is 1. The van der Waals surface area contributed by atoms with Crippen molar-refractivity contribution in [1.82, 2.24) is 9.97 Å². The average Bonchev–Trinajstić information content (AvgIpc) is 3.37. The Labute approximate surface area is 189 Å². The van der Waals surface area contributed by atoms with Crippen LogP contribution in [0.15, 0.2) is 78.4 Å². The van der Waals surface area contributed by atoms with Gasteiger partial charge in [0.1, 0.15) is 11.6 Å². The first-order valence-electron chi connectivity index (χ1n) is 10.6. The molecule has 2 N–H and O–H groups in total. The highest BCUT2D eigenvalue weighted by Crippen LogP contribution is 2.41. The fraction of sp³-hybridized carbons (Fsp3) is 0.115. The standard InChI is InChI=1S/C26H20FN3O3/c1-2-15-8-10-17(11-9-15)23(31)21-22(16-6-4-3-5-7-16)30(25(33)24(21)32)26-28-19-13-12-18(27)14-20(19)29-26/h3-14,22,31H,2H2,1H3,(H,28,29)/b23-21+. The zero-order chi connectivity index (χ0) is 23.1. The number of aromatic nitrogens is 2. The molecule has 1 amide bonds. The van der Waals surface area contributed by atoms with Gasteiger partial charge in [0.25, 0.3) is 5.78 Å². The van der Waals surface area contributed by atoms with Gasteiger partial charge >= 0.3 is 5.91 Å². The van der Waals surface area contributed by atoms with E-state index in [1.807, 2.05) is 25.1 Å². The summed E-state index contributed by atoms with van der Waals surface area (Å²) in [5, 5.41) is 11.1. The van der Waals surface area contributed by atoms with E-state index in [2.05, 4.69) is 9.97 Å². The summed E-state index contributed by atoms with van der Waals surface area (Å²) in [5.41, 5.74) is 2.99. The molecule has 6 nitrogen and oxygen atoms in total. The van der Waals surface area contributed by atoms with Crippen LogP contribution in [0.3, 0.4) is 0 Å². The number of benzene rings is 3. The number of hydrogen-bond acceptors (Lipinski definition) is 4. The lowest BCUT2D eigenvalue weighted by molar-refractivity contribution is -0.132. The predicted molar refractivity (Wildman–Crippen MR) is 123 cm³/mol. The van der Waals surface area contributed by atoms with Crippen molar-refractivity contribution < 1.29 is 19.1 Å². The van der Waals surface area contributed by atoms with Crippen LogP contribution in [0.2, 0.25) is 0 Å². The van der Waals surface area contributed by atoms with Crippen LogP contribution >= 0.6 is 0 Å². The van der Waals surface area contributed by atoms with Crippen molar-refractivity contribution in [3.63, 3.8) is 0 Å². The van der Waals surface area contributed by atoms with Gasteiger partial charge in [0.15, 0.2) is 0 Å². The largest absolute Gasteiger partial charge is 0.507 e. The Balaban J connectivity index is 1.70. The molecule has 1 atom stereocenters. The molecule has 0 aliphatic carbocycles. The number of anilines is 1. The van der Waals surface area contributed by atoms with E-state index in [4.69, 9.17) is 0 Å². The number of carbonyl (C=O) groups is 2. The van der Waals surface area contributed by atoms with Crippen LogP contribution in [0.4, 0.5) is 10.3 Å². The fourth-order valence-electron chi connectivity index (χ4n) is 4.14. The highest BCUT2D eigenvalue weighted by atomic mass is 19.1. The molecule has 5 rings (SSSR count). The van der Waals surface area contributed by atoms with Crippen LogP contribution in [0.25, 0.3) is 16.8 Å². The third kappa shape index (κ3) is 3.47. The number of nitrogens with zero attached hydrogens (tertiary/aromatic N) is 2. The number of nitrogens with one attached hydrogen (secondary N) is 1. The highest BCUT2D eigenvalue weighted by molar-refractivity contribution is 6.51. The number of imidazole rings is 1. The van der Waals surface area contributed by atoms with Crippen molar-refractivity contribution in [3.8, 4) is 0 Å². The lowest BCUT2D eigenvalue weighted by atomic mass is 9.95. The number of fused-ring (bicyclic) bond motifs is 1. The van der Waals surface area contributed by atoms with Gasteiger partial charge < -0.3 is 10.1 Å². The number of amides is 1. The Morgan fingerprint density at radius 3 is 2.48 bits per heavy atom. The quantitative estimate of drug-likeness (QED) is 0.268. The lowest BCUT2D eigenvalue weighted by Gasteiger charge is -2.23. The van der Waals surface area contributed by atoms with Crippen LogP contribution in [0, 0.1) is 5.82 Å². The Morgan fingerprint density at radius 2 is 1.79 bits per heavy atom. The number of carbonyl (C=O) groups excluding carboxylic acids is 2. The first-order valence-corrected chi connectivity index (χ1v) is 10.6. The first-order chi connectivity index (χ1) is 16.0. The van der Waals surface area contributed by atoms with Crippen LogP contribution in [0.1, 0.15) is 29.7 Å². The normalized spacial score (nSPS) is 17.8. The summed E-state index contributed by atoms with van der Waals surface area (Å²) in [6.45, 7) is 2.02. The van der Waals surface area contributed by atoms with Crippen molar-refractivity contribution in [3.05, 3.63) is 101 Å². The highest BCUT2D eigenvalue weighted by Gasteiger charge is 2.48. The van der Waals surface area contributed by atoms with Crippen LogP contribution in [-0.2, 0) is 16.0 Å². The third-order valence-electron chi connectivity index (χ3n) is 5.85. The molecule has 1 aliphatic rings. The summed E-state index contributed by atoms with van der Waals surface area (Å²) in [5.74, 6) is -2.24. The number of aliphatic hydroxyl groups is 1. The average molecular weight is 441 g/mol. The maximum absolute atomic E-state index is 13.7. The van der Waals surface area contributed by atoms with Crippen molar-refractivity contribution in [2.75, 3.05) is 4.90 Å². The zero-order valence-corrected chi connectivity index (χ0v) is 17.7. The lowest BCUT2D eigenvalue weighted by Crippen LogP contribution is -2.30. The maximum Gasteiger partial charge on any atom is 0.302 e. The van der Waals surface area contributed by atoms with Gasteiger partial charge in [-0.3, -0.25) is 14.5 Å². The summed E-state index contributed by atoms with van der Waals surface area (Å²) < 4.78 is 13.7. The molecular weight excluding hydrogens is 421 g/mol. The molecule has 0 spiro atoms. The minimum atomic E-state index is -0.900. The van der Waals surface area contributed by atoms with E-state index in [1.54, 1.807) is 36.4 Å². The second kappa shape index (κ2) is 8.02. The molecule has 3 aromatic carbocycles. The summed E-state index contributed by atoms with van der Waals surface area (Å²) in [7, 11) is 0. The van der Waals surface area contributed by atoms with E-state index >= 15 is 0 Å². The summed E-state index contributed by atoms with van der Waals surface area (Å²) in [6, 6.07) is 19.3. The molecule has 0 radical (unpaired) electrons. The van der Waals surface area contributed by atoms with E-state index in [1.165, 1.54) is 23.1 Å². The van der Waals surface area contributed by atoms with Gasteiger partial charge in [0, 0.05) is 5.56 Å². The molecule has 33 heavy (non-hydrogen) atoms. The number of aliphatic hydroxyl groups excluding tert-OH is 1. The van der Waals surface area contributed by atoms with E-state index in [9.17, 15) is 19.1 Å². The van der Waals surface area contributed by atoms with Gasteiger partial charge in [-0.2, -0.15) is 0 Å². The first kappa shape index (κ1) is 20.6. The number of hydrogen-bond donors (Lipinski definition) is 2. The molecule has 2 heterocycles. The van der Waals surface area contributed by atoms with Crippen molar-refractivity contribution in [1.29, 1.82) is 0 Å². The molecule has 164 valence electrons. The van der Waals surface area contributed by atoms with Crippen molar-refractivity contribution in [2.45, 2.75) is 19.4 Å². The fourth-order valence-corrected chi connectivity index (χ4v) is 4.14. The van der Waals surface area contributed by atoms with Crippen LogP contribution in [-0.4, -0.2) is 26.8 Å². The Morgan fingerprint density at radius 1 is 1.06 bits per heavy atom. The van der Waals surface area contributed by atoms with E-state index < -0.39 is 23.5 Å². The Kier molecular flexibility index (Phi) is 5.01. The molecule has 7 heteroatoms. The molecule has 1 unspecified atom stereocenters. The maximum atomic E-state index is 13.7. The smallest absolute Gasteiger partial charge is 0.302 e. The van der Waals surface area contributed by atoms with Gasteiger partial charge in [-0.15, -0.1) is 0 Å². The number of ketones is 1. The molecule has 1 fully saturated rings. The summed E-state index contributed by atoms with van der Waals surface area (Å²) in [4.78, 5) is 34.9. The second-order valence-corrected chi connectivity index (χ2v) is 7.85. The van der Waals surface area contributed by atoms with Gasteiger partial charge in [-0.05, 0) is 35.7 Å². The number of aryl methyl sites for hydroxylation is 1. The second-order valence-electron chi connectivity index (χ2n) is 7.85. The number of halogens is 1. The number of aromatic amines is 1. The zero-order valence-electron chi connectivity index (χ0n) is 17.7. The molecule has 1 aromatic heterocycles.